The average Bonchev–Trinajstić information content (AvgIpc) is 3.01. The monoisotopic (exact) mass is 227 g/mol. The Morgan fingerprint density at radius 1 is 1.44 bits per heavy atom. The van der Waals surface area contributed by atoms with Crippen LogP contribution in [0, 0.1) is 0 Å². The van der Waals surface area contributed by atoms with Gasteiger partial charge in [0.1, 0.15) is 0 Å². The minimum absolute atomic E-state index is 0.401. The Balaban J connectivity index is 2.13. The fraction of sp³-hybridized carbons (Fsp3) is 0.917. The number of amides is 1. The second-order valence-electron chi connectivity index (χ2n) is 5.10. The smallest absolute Gasteiger partial charge is 0.237 e. The predicted octanol–water partition coefficient (Wildman–Crippen LogP) is 0.844. The van der Waals surface area contributed by atoms with E-state index in [1.165, 1.54) is 12.8 Å². The Morgan fingerprint density at radius 3 is 2.50 bits per heavy atom. The van der Waals surface area contributed by atoms with Crippen LogP contribution in [0.25, 0.3) is 0 Å². The van der Waals surface area contributed by atoms with E-state index >= 15 is 0 Å². The van der Waals surface area contributed by atoms with Crippen molar-refractivity contribution in [2.24, 2.45) is 11.5 Å². The maximum absolute atomic E-state index is 11.0. The fourth-order valence-electron chi connectivity index (χ4n) is 1.97. The normalized spacial score (nSPS) is 19.8. The molecule has 0 saturated heterocycles. The summed E-state index contributed by atoms with van der Waals surface area (Å²) in [5.74, 6) is -0.401. The summed E-state index contributed by atoms with van der Waals surface area (Å²) in [6.07, 6.45) is 5.46. The Labute approximate surface area is 98.3 Å². The third-order valence-corrected chi connectivity index (χ3v) is 3.42. The van der Waals surface area contributed by atoms with E-state index in [1.54, 1.807) is 6.92 Å². The highest BCUT2D eigenvalue weighted by molar-refractivity contribution is 5.83. The molecule has 1 fully saturated rings. The topological polar surface area (TPSA) is 72.3 Å². The van der Waals surface area contributed by atoms with Crippen molar-refractivity contribution in [2.75, 3.05) is 13.1 Å². The molecule has 94 valence electrons. The van der Waals surface area contributed by atoms with E-state index in [0.717, 1.165) is 32.0 Å². The molecule has 0 aromatic carbocycles. The summed E-state index contributed by atoms with van der Waals surface area (Å²) in [4.78, 5) is 13.5. The molecule has 1 saturated carbocycles. The number of hydrogen-bond donors (Lipinski definition) is 2. The van der Waals surface area contributed by atoms with E-state index in [1.807, 2.05) is 0 Å². The van der Waals surface area contributed by atoms with Gasteiger partial charge in [0.25, 0.3) is 0 Å². The van der Waals surface area contributed by atoms with Crippen LogP contribution in [-0.2, 0) is 4.79 Å². The van der Waals surface area contributed by atoms with Crippen molar-refractivity contribution in [1.82, 2.24) is 4.90 Å². The van der Waals surface area contributed by atoms with Crippen molar-refractivity contribution >= 4 is 5.91 Å². The number of unbranched alkanes of at least 4 members (excludes halogenated alkanes) is 1. The summed E-state index contributed by atoms with van der Waals surface area (Å²) in [5.41, 5.74) is 10.2. The van der Waals surface area contributed by atoms with Gasteiger partial charge in [-0.3, -0.25) is 4.79 Å². The van der Waals surface area contributed by atoms with Crippen molar-refractivity contribution < 1.29 is 4.79 Å². The van der Waals surface area contributed by atoms with Crippen molar-refractivity contribution in [3.8, 4) is 0 Å². The number of nitrogens with zero attached hydrogens (tertiary/aromatic N) is 1. The lowest BCUT2D eigenvalue weighted by Gasteiger charge is -2.22. The van der Waals surface area contributed by atoms with Gasteiger partial charge in [-0.1, -0.05) is 6.92 Å². The Morgan fingerprint density at radius 2 is 2.06 bits per heavy atom. The van der Waals surface area contributed by atoms with Crippen LogP contribution in [-0.4, -0.2) is 35.5 Å². The molecule has 0 heterocycles. The highest BCUT2D eigenvalue weighted by atomic mass is 16.1. The summed E-state index contributed by atoms with van der Waals surface area (Å²) in [5, 5.41) is 0. The third-order valence-electron chi connectivity index (χ3n) is 3.42. The molecule has 1 unspecified atom stereocenters. The summed E-state index contributed by atoms with van der Waals surface area (Å²) >= 11 is 0. The largest absolute Gasteiger partial charge is 0.368 e. The quantitative estimate of drug-likeness (QED) is 0.604. The highest BCUT2D eigenvalue weighted by Crippen LogP contribution is 2.26. The molecule has 0 radical (unpaired) electrons. The average molecular weight is 227 g/mol. The van der Waals surface area contributed by atoms with Gasteiger partial charge in [0.2, 0.25) is 5.91 Å². The molecule has 1 amide bonds. The molecule has 4 heteroatoms. The van der Waals surface area contributed by atoms with Crippen LogP contribution < -0.4 is 11.5 Å². The van der Waals surface area contributed by atoms with Gasteiger partial charge >= 0.3 is 0 Å². The standard InChI is InChI=1S/C12H25N3O/c1-3-15(10-6-7-10)9-5-4-8-12(2,14)11(13)16/h10H,3-9,14H2,1-2H3,(H2,13,16). The number of rotatable bonds is 8. The molecule has 1 aliphatic rings. The Kier molecular flexibility index (Phi) is 4.74. The van der Waals surface area contributed by atoms with Gasteiger partial charge in [0.15, 0.2) is 0 Å². The van der Waals surface area contributed by atoms with E-state index < -0.39 is 11.4 Å². The van der Waals surface area contributed by atoms with Crippen molar-refractivity contribution in [3.05, 3.63) is 0 Å². The molecule has 0 aliphatic heterocycles. The van der Waals surface area contributed by atoms with Crippen LogP contribution in [0.15, 0.2) is 0 Å². The van der Waals surface area contributed by atoms with Gasteiger partial charge in [-0.25, -0.2) is 0 Å². The number of carbonyl (C=O) groups excluding carboxylic acids is 1. The zero-order valence-electron chi connectivity index (χ0n) is 10.5. The first-order valence-electron chi connectivity index (χ1n) is 6.30. The Bertz CT molecular complexity index is 236. The molecular weight excluding hydrogens is 202 g/mol. The summed E-state index contributed by atoms with van der Waals surface area (Å²) < 4.78 is 0. The van der Waals surface area contributed by atoms with Crippen LogP contribution in [0.3, 0.4) is 0 Å². The van der Waals surface area contributed by atoms with Gasteiger partial charge in [-0.15, -0.1) is 0 Å². The fourth-order valence-corrected chi connectivity index (χ4v) is 1.97. The molecule has 0 bridgehead atoms. The second-order valence-corrected chi connectivity index (χ2v) is 5.10. The van der Waals surface area contributed by atoms with Crippen LogP contribution >= 0.6 is 0 Å². The van der Waals surface area contributed by atoms with Gasteiger partial charge in [0, 0.05) is 6.04 Å². The minimum atomic E-state index is -0.837. The number of carbonyl (C=O) groups is 1. The third kappa shape index (κ3) is 4.10. The van der Waals surface area contributed by atoms with Crippen LogP contribution in [0.2, 0.25) is 0 Å². The molecule has 4 N–H and O–H groups in total. The first-order valence-corrected chi connectivity index (χ1v) is 6.30. The summed E-state index contributed by atoms with van der Waals surface area (Å²) in [6, 6.07) is 0.824. The minimum Gasteiger partial charge on any atom is -0.368 e. The molecule has 0 aromatic rings. The van der Waals surface area contributed by atoms with Crippen molar-refractivity contribution in [3.63, 3.8) is 0 Å². The number of hydrogen-bond acceptors (Lipinski definition) is 3. The molecule has 1 rings (SSSR count). The lowest BCUT2D eigenvalue weighted by atomic mass is 9.95. The molecular formula is C12H25N3O. The zero-order valence-corrected chi connectivity index (χ0v) is 10.5. The highest BCUT2D eigenvalue weighted by Gasteiger charge is 2.28. The van der Waals surface area contributed by atoms with E-state index in [0.29, 0.717) is 6.42 Å². The number of nitrogens with two attached hydrogens (primary N) is 2. The molecule has 1 aliphatic carbocycles. The summed E-state index contributed by atoms with van der Waals surface area (Å²) in [6.45, 7) is 6.17. The summed E-state index contributed by atoms with van der Waals surface area (Å²) in [7, 11) is 0. The van der Waals surface area contributed by atoms with Crippen LogP contribution in [0.1, 0.15) is 46.0 Å². The lowest BCUT2D eigenvalue weighted by Crippen LogP contribution is -2.49. The van der Waals surface area contributed by atoms with Crippen LogP contribution in [0.4, 0.5) is 0 Å². The zero-order chi connectivity index (χ0) is 12.2. The lowest BCUT2D eigenvalue weighted by molar-refractivity contribution is -0.122. The number of primary amides is 1. The van der Waals surface area contributed by atoms with Gasteiger partial charge in [-0.2, -0.15) is 0 Å². The SMILES string of the molecule is CCN(CCCCC(C)(N)C(N)=O)C1CC1. The van der Waals surface area contributed by atoms with Crippen LogP contribution in [0.5, 0.6) is 0 Å². The molecule has 16 heavy (non-hydrogen) atoms. The van der Waals surface area contributed by atoms with Gasteiger partial charge in [-0.05, 0) is 52.1 Å². The Hall–Kier alpha value is -0.610. The first kappa shape index (κ1) is 13.5. The predicted molar refractivity (Wildman–Crippen MR) is 65.9 cm³/mol. The van der Waals surface area contributed by atoms with Crippen molar-refractivity contribution in [1.29, 1.82) is 0 Å². The molecule has 0 aromatic heterocycles. The van der Waals surface area contributed by atoms with E-state index in [9.17, 15) is 4.79 Å². The van der Waals surface area contributed by atoms with Crippen molar-refractivity contribution in [2.45, 2.75) is 57.5 Å². The van der Waals surface area contributed by atoms with Gasteiger partial charge in [0.05, 0.1) is 5.54 Å². The van der Waals surface area contributed by atoms with E-state index in [-0.39, 0.29) is 0 Å². The van der Waals surface area contributed by atoms with Gasteiger partial charge < -0.3 is 16.4 Å². The maximum atomic E-state index is 11.0. The van der Waals surface area contributed by atoms with E-state index in [2.05, 4.69) is 11.8 Å². The second kappa shape index (κ2) is 5.64. The molecule has 1 atom stereocenters. The van der Waals surface area contributed by atoms with E-state index in [4.69, 9.17) is 11.5 Å². The molecule has 0 spiro atoms. The molecule has 4 nitrogen and oxygen atoms in total. The first-order chi connectivity index (χ1) is 7.47. The maximum Gasteiger partial charge on any atom is 0.237 e.